The van der Waals surface area contributed by atoms with Crippen molar-refractivity contribution in [3.8, 4) is 0 Å². The number of rotatable bonds is 5. The molecule has 8 heteroatoms. The van der Waals surface area contributed by atoms with Crippen LogP contribution in [0.25, 0.3) is 0 Å². The highest BCUT2D eigenvalue weighted by atomic mass is 79.9. The molecule has 0 aliphatic carbocycles. The molecule has 2 heterocycles. The molecule has 2 aromatic rings. The minimum atomic E-state index is 0. The quantitative estimate of drug-likeness (QED) is 0.795. The van der Waals surface area contributed by atoms with E-state index in [2.05, 4.69) is 56.1 Å². The first-order chi connectivity index (χ1) is 10.7. The van der Waals surface area contributed by atoms with Crippen LogP contribution in [0.5, 0.6) is 0 Å². The van der Waals surface area contributed by atoms with Gasteiger partial charge in [-0.3, -0.25) is 4.90 Å². The van der Waals surface area contributed by atoms with Gasteiger partial charge in [-0.25, -0.2) is 0 Å². The first kappa shape index (κ1) is 18.7. The molecule has 126 valence electrons. The second kappa shape index (κ2) is 8.48. The summed E-state index contributed by atoms with van der Waals surface area (Å²) in [5, 5.41) is 4.02. The van der Waals surface area contributed by atoms with E-state index in [0.717, 1.165) is 23.2 Å². The number of aromatic nitrogens is 2. The van der Waals surface area contributed by atoms with Crippen molar-refractivity contribution in [2.24, 2.45) is 5.73 Å². The largest absolute Gasteiger partial charge is 0.338 e. The number of thioether (sulfide) groups is 1. The molecule has 1 aliphatic rings. The van der Waals surface area contributed by atoms with Crippen LogP contribution < -0.4 is 5.73 Å². The topological polar surface area (TPSA) is 68.2 Å². The van der Waals surface area contributed by atoms with E-state index in [1.165, 1.54) is 10.5 Å². The average molecular weight is 420 g/mol. The Kier molecular flexibility index (Phi) is 6.91. The third kappa shape index (κ3) is 4.28. The smallest absolute Gasteiger partial charge is 0.240 e. The fraction of sp³-hybridized carbons (Fsp3) is 0.467. The van der Waals surface area contributed by atoms with Gasteiger partial charge in [-0.05, 0) is 42.5 Å². The zero-order chi connectivity index (χ0) is 15.5. The fourth-order valence-corrected chi connectivity index (χ4v) is 4.25. The minimum Gasteiger partial charge on any atom is -0.338 e. The molecule has 0 amide bonds. The highest BCUT2D eigenvalue weighted by Gasteiger charge is 2.26. The molecule has 0 radical (unpaired) electrons. The fourth-order valence-electron chi connectivity index (χ4n) is 2.79. The summed E-state index contributed by atoms with van der Waals surface area (Å²) in [4.78, 5) is 8.09. The van der Waals surface area contributed by atoms with Crippen LogP contribution >= 0.6 is 40.1 Å². The van der Waals surface area contributed by atoms with Crippen LogP contribution in [0.3, 0.4) is 0 Å². The normalized spacial score (nSPS) is 17.0. The van der Waals surface area contributed by atoms with Crippen molar-refractivity contribution in [2.75, 3.05) is 12.3 Å². The van der Waals surface area contributed by atoms with Crippen LogP contribution in [-0.2, 0) is 13.1 Å². The summed E-state index contributed by atoms with van der Waals surface area (Å²) in [7, 11) is 0. The van der Waals surface area contributed by atoms with Crippen LogP contribution in [-0.4, -0.2) is 27.3 Å². The lowest BCUT2D eigenvalue weighted by Gasteiger charge is -2.34. The third-order valence-corrected chi connectivity index (χ3v) is 5.47. The third-order valence-electron chi connectivity index (χ3n) is 3.86. The van der Waals surface area contributed by atoms with Gasteiger partial charge in [0.2, 0.25) is 5.89 Å². The molecule has 2 N–H and O–H groups in total. The van der Waals surface area contributed by atoms with Crippen LogP contribution in [0.4, 0.5) is 0 Å². The van der Waals surface area contributed by atoms with Gasteiger partial charge in [0.25, 0.3) is 0 Å². The lowest BCUT2D eigenvalue weighted by Crippen LogP contribution is -2.31. The van der Waals surface area contributed by atoms with E-state index >= 15 is 0 Å². The molecule has 1 aliphatic heterocycles. The maximum Gasteiger partial charge on any atom is 0.240 e. The van der Waals surface area contributed by atoms with Crippen LogP contribution in [0, 0.1) is 0 Å². The maximum absolute atomic E-state index is 5.53. The molecule has 1 unspecified atom stereocenters. The van der Waals surface area contributed by atoms with Gasteiger partial charge in [0.05, 0.1) is 13.1 Å². The number of benzene rings is 1. The van der Waals surface area contributed by atoms with Crippen molar-refractivity contribution in [3.63, 3.8) is 0 Å². The summed E-state index contributed by atoms with van der Waals surface area (Å²) in [5.74, 6) is 2.33. The Hall–Kier alpha value is -0.600. The predicted octanol–water partition coefficient (Wildman–Crippen LogP) is 3.77. The molecule has 23 heavy (non-hydrogen) atoms. The summed E-state index contributed by atoms with van der Waals surface area (Å²) in [6.45, 7) is 4.08. The Morgan fingerprint density at radius 1 is 1.48 bits per heavy atom. The highest BCUT2D eigenvalue weighted by Crippen LogP contribution is 2.40. The lowest BCUT2D eigenvalue weighted by molar-refractivity contribution is 0.183. The summed E-state index contributed by atoms with van der Waals surface area (Å²) in [6, 6.07) is 6.93. The van der Waals surface area contributed by atoms with E-state index in [4.69, 9.17) is 10.3 Å². The number of nitrogens with two attached hydrogens (primary N) is 1. The number of nitrogens with zero attached hydrogens (tertiary/aromatic N) is 3. The number of fused-ring (bicyclic) bond motifs is 1. The van der Waals surface area contributed by atoms with Crippen molar-refractivity contribution >= 4 is 40.1 Å². The van der Waals surface area contributed by atoms with Crippen molar-refractivity contribution in [1.82, 2.24) is 15.0 Å². The van der Waals surface area contributed by atoms with Crippen LogP contribution in [0.2, 0.25) is 0 Å². The zero-order valence-electron chi connectivity index (χ0n) is 12.9. The molecule has 1 aromatic carbocycles. The van der Waals surface area contributed by atoms with E-state index in [0.29, 0.717) is 24.3 Å². The molecular formula is C15H20BrClN4OS. The first-order valence-corrected chi connectivity index (χ1v) is 9.17. The molecule has 5 nitrogen and oxygen atoms in total. The van der Waals surface area contributed by atoms with Crippen LogP contribution in [0.1, 0.15) is 36.7 Å². The molecule has 3 rings (SSSR count). The highest BCUT2D eigenvalue weighted by molar-refractivity contribution is 9.10. The molecular weight excluding hydrogens is 400 g/mol. The van der Waals surface area contributed by atoms with E-state index < -0.39 is 0 Å². The first-order valence-electron chi connectivity index (χ1n) is 7.39. The van der Waals surface area contributed by atoms with Crippen LogP contribution in [0.15, 0.2) is 32.1 Å². The summed E-state index contributed by atoms with van der Waals surface area (Å²) < 4.78 is 6.24. The van der Waals surface area contributed by atoms with E-state index in [-0.39, 0.29) is 19.0 Å². The molecule has 0 bridgehead atoms. The minimum absolute atomic E-state index is 0. The Labute approximate surface area is 154 Å². The van der Waals surface area contributed by atoms with Gasteiger partial charge >= 0.3 is 0 Å². The van der Waals surface area contributed by atoms with Crippen molar-refractivity contribution in [1.29, 1.82) is 0 Å². The van der Waals surface area contributed by atoms with Gasteiger partial charge in [-0.2, -0.15) is 4.98 Å². The molecule has 0 saturated heterocycles. The van der Waals surface area contributed by atoms with Gasteiger partial charge in [-0.1, -0.05) is 28.0 Å². The van der Waals surface area contributed by atoms with Gasteiger partial charge in [0.15, 0.2) is 5.82 Å². The Morgan fingerprint density at radius 2 is 2.30 bits per heavy atom. The van der Waals surface area contributed by atoms with E-state index in [1.807, 2.05) is 11.8 Å². The van der Waals surface area contributed by atoms with Crippen molar-refractivity contribution < 1.29 is 4.52 Å². The number of hydrogen-bond acceptors (Lipinski definition) is 6. The van der Waals surface area contributed by atoms with E-state index in [1.54, 1.807) is 0 Å². The van der Waals surface area contributed by atoms with Gasteiger partial charge in [0, 0.05) is 15.4 Å². The predicted molar refractivity (Wildman–Crippen MR) is 97.7 cm³/mol. The number of hydrogen-bond donors (Lipinski definition) is 1. The Bertz CT molecular complexity index is 654. The van der Waals surface area contributed by atoms with E-state index in [9.17, 15) is 0 Å². The monoisotopic (exact) mass is 418 g/mol. The second-order valence-corrected chi connectivity index (χ2v) is 7.26. The molecule has 0 spiro atoms. The molecule has 1 atom stereocenters. The maximum atomic E-state index is 5.53. The second-order valence-electron chi connectivity index (χ2n) is 5.21. The SMILES string of the molecule is CCN(Cc1noc(CN)n1)C1CCSc2ccc(Br)cc21.Cl. The Morgan fingerprint density at radius 3 is 3.00 bits per heavy atom. The van der Waals surface area contributed by atoms with Gasteiger partial charge in [0.1, 0.15) is 0 Å². The molecule has 0 saturated carbocycles. The Balaban J connectivity index is 0.00000192. The summed E-state index contributed by atoms with van der Waals surface area (Å²) in [6.07, 6.45) is 1.13. The summed E-state index contributed by atoms with van der Waals surface area (Å²) in [5.41, 5.74) is 6.92. The van der Waals surface area contributed by atoms with Gasteiger partial charge in [-0.15, -0.1) is 24.2 Å². The van der Waals surface area contributed by atoms with Crippen molar-refractivity contribution in [2.45, 2.75) is 37.4 Å². The average Bonchev–Trinajstić information content (AvgIpc) is 3.00. The molecule has 0 fully saturated rings. The van der Waals surface area contributed by atoms with Crippen molar-refractivity contribution in [3.05, 3.63) is 40.0 Å². The zero-order valence-corrected chi connectivity index (χ0v) is 16.1. The summed E-state index contributed by atoms with van der Waals surface area (Å²) >= 11 is 5.52. The lowest BCUT2D eigenvalue weighted by atomic mass is 10.0. The van der Waals surface area contributed by atoms with Gasteiger partial charge < -0.3 is 10.3 Å². The standard InChI is InChI=1S/C15H19BrN4OS.ClH/c1-2-20(9-14-18-15(8-17)21-19-14)12-5-6-22-13-4-3-10(16)7-11(12)13;/h3-4,7,12H,2,5-6,8-9,17H2,1H3;1H. The number of halogens is 2. The molecule has 1 aromatic heterocycles.